The number of halogens is 1. The third kappa shape index (κ3) is 5.77. The second-order valence-electron chi connectivity index (χ2n) is 5.21. The number of nitrogens with one attached hydrogen (secondary N) is 1. The topological polar surface area (TPSA) is 58.6 Å². The summed E-state index contributed by atoms with van der Waals surface area (Å²) in [5, 5.41) is 12.4. The number of carbonyl (C=O) groups excluding carboxylic acids is 1. The number of benzene rings is 2. The molecule has 0 aliphatic rings. The van der Waals surface area contributed by atoms with E-state index in [0.717, 1.165) is 16.9 Å². The summed E-state index contributed by atoms with van der Waals surface area (Å²) in [6.45, 7) is 0.387. The zero-order chi connectivity index (χ0) is 17.4. The lowest BCUT2D eigenvalue weighted by Crippen LogP contribution is -2.23. The van der Waals surface area contributed by atoms with E-state index in [1.165, 1.54) is 19.2 Å². The minimum atomic E-state index is -0.242. The third-order valence-electron chi connectivity index (χ3n) is 3.39. The van der Waals surface area contributed by atoms with Crippen LogP contribution in [0.4, 0.5) is 4.39 Å². The maximum atomic E-state index is 12.8. The molecule has 0 unspecified atom stereocenters. The number of ether oxygens (including phenoxy) is 1. The van der Waals surface area contributed by atoms with E-state index in [-0.39, 0.29) is 17.5 Å². The lowest BCUT2D eigenvalue weighted by Gasteiger charge is -2.08. The summed E-state index contributed by atoms with van der Waals surface area (Å²) in [5.74, 6) is 1.63. The summed E-state index contributed by atoms with van der Waals surface area (Å²) >= 11 is 1.63. The van der Waals surface area contributed by atoms with Gasteiger partial charge in [0.15, 0.2) is 11.5 Å². The van der Waals surface area contributed by atoms with Crippen molar-refractivity contribution in [3.63, 3.8) is 0 Å². The van der Waals surface area contributed by atoms with Crippen LogP contribution in [0.1, 0.15) is 17.5 Å². The minimum absolute atomic E-state index is 0.0337. The molecule has 0 radical (unpaired) electrons. The second-order valence-corrected chi connectivity index (χ2v) is 6.32. The zero-order valence-corrected chi connectivity index (χ0v) is 14.2. The molecule has 0 aliphatic carbocycles. The SMILES string of the molecule is COc1cc(CNC(=O)CCSCc2ccc(F)cc2)ccc1O. The van der Waals surface area contributed by atoms with Crippen molar-refractivity contribution in [2.24, 2.45) is 0 Å². The zero-order valence-electron chi connectivity index (χ0n) is 13.4. The maximum absolute atomic E-state index is 12.8. The second kappa shape index (κ2) is 9.17. The Balaban J connectivity index is 1.67. The first-order valence-corrected chi connectivity index (χ1v) is 8.68. The van der Waals surface area contributed by atoms with Crippen LogP contribution in [-0.2, 0) is 17.1 Å². The maximum Gasteiger partial charge on any atom is 0.221 e. The van der Waals surface area contributed by atoms with Crippen molar-refractivity contribution >= 4 is 17.7 Å². The van der Waals surface area contributed by atoms with Crippen molar-refractivity contribution in [2.75, 3.05) is 12.9 Å². The number of rotatable bonds is 8. The highest BCUT2D eigenvalue weighted by molar-refractivity contribution is 7.98. The van der Waals surface area contributed by atoms with Gasteiger partial charge in [-0.2, -0.15) is 11.8 Å². The predicted octanol–water partition coefficient (Wildman–Crippen LogP) is 3.48. The Morgan fingerprint density at radius 3 is 2.62 bits per heavy atom. The Morgan fingerprint density at radius 1 is 1.21 bits per heavy atom. The number of phenolic OH excluding ortho intramolecular Hbond substituents is 1. The van der Waals surface area contributed by atoms with Crippen molar-refractivity contribution in [3.8, 4) is 11.5 Å². The first kappa shape index (κ1) is 18.1. The Morgan fingerprint density at radius 2 is 1.92 bits per heavy atom. The van der Waals surface area contributed by atoms with Crippen LogP contribution in [0, 0.1) is 5.82 Å². The molecular weight excluding hydrogens is 329 g/mol. The molecule has 2 N–H and O–H groups in total. The molecule has 0 atom stereocenters. The molecule has 128 valence electrons. The number of hydrogen-bond acceptors (Lipinski definition) is 4. The molecule has 0 fully saturated rings. The number of phenols is 1. The van der Waals surface area contributed by atoms with E-state index in [9.17, 15) is 14.3 Å². The summed E-state index contributed by atoms with van der Waals surface area (Å²) < 4.78 is 17.8. The van der Waals surface area contributed by atoms with Crippen molar-refractivity contribution in [1.82, 2.24) is 5.32 Å². The Hall–Kier alpha value is -2.21. The molecule has 0 aliphatic heterocycles. The lowest BCUT2D eigenvalue weighted by atomic mass is 10.2. The molecule has 2 aromatic rings. The van der Waals surface area contributed by atoms with Crippen LogP contribution in [0.3, 0.4) is 0 Å². The molecule has 0 heterocycles. The van der Waals surface area contributed by atoms with E-state index in [2.05, 4.69) is 5.32 Å². The number of hydrogen-bond donors (Lipinski definition) is 2. The highest BCUT2D eigenvalue weighted by Gasteiger charge is 2.05. The largest absolute Gasteiger partial charge is 0.504 e. The van der Waals surface area contributed by atoms with E-state index in [0.29, 0.717) is 24.5 Å². The van der Waals surface area contributed by atoms with Gasteiger partial charge in [0.05, 0.1) is 7.11 Å². The summed E-state index contributed by atoms with van der Waals surface area (Å²) in [7, 11) is 1.48. The average molecular weight is 349 g/mol. The summed E-state index contributed by atoms with van der Waals surface area (Å²) in [5.41, 5.74) is 1.90. The van der Waals surface area contributed by atoms with E-state index in [4.69, 9.17) is 4.74 Å². The van der Waals surface area contributed by atoms with Crippen molar-refractivity contribution < 1.29 is 19.0 Å². The number of amides is 1. The molecule has 2 rings (SSSR count). The van der Waals surface area contributed by atoms with Gasteiger partial charge in [-0.15, -0.1) is 0 Å². The highest BCUT2D eigenvalue weighted by Crippen LogP contribution is 2.26. The standard InChI is InChI=1S/C18H20FNO3S/c1-23-17-10-14(4-7-16(17)21)11-20-18(22)8-9-24-12-13-2-5-15(19)6-3-13/h2-7,10,21H,8-9,11-12H2,1H3,(H,20,22). The van der Waals surface area contributed by atoms with E-state index >= 15 is 0 Å². The van der Waals surface area contributed by atoms with Gasteiger partial charge in [-0.05, 0) is 35.4 Å². The Kier molecular flexibility index (Phi) is 6.93. The van der Waals surface area contributed by atoms with Gasteiger partial charge in [0.1, 0.15) is 5.82 Å². The van der Waals surface area contributed by atoms with Gasteiger partial charge in [-0.3, -0.25) is 4.79 Å². The first-order chi connectivity index (χ1) is 11.6. The van der Waals surface area contributed by atoms with Crippen molar-refractivity contribution in [1.29, 1.82) is 0 Å². The molecule has 0 bridgehead atoms. The third-order valence-corrected chi connectivity index (χ3v) is 4.42. The molecule has 2 aromatic carbocycles. The summed E-state index contributed by atoms with van der Waals surface area (Å²) in [6, 6.07) is 11.4. The fraction of sp³-hybridized carbons (Fsp3) is 0.278. The normalized spacial score (nSPS) is 10.4. The molecule has 0 saturated carbocycles. The molecule has 1 amide bonds. The molecule has 6 heteroatoms. The van der Waals surface area contributed by atoms with Crippen LogP contribution >= 0.6 is 11.8 Å². The van der Waals surface area contributed by atoms with Gasteiger partial charge in [0.25, 0.3) is 0 Å². The van der Waals surface area contributed by atoms with Gasteiger partial charge in [-0.25, -0.2) is 4.39 Å². The van der Waals surface area contributed by atoms with Gasteiger partial charge in [-0.1, -0.05) is 18.2 Å². The van der Waals surface area contributed by atoms with Crippen LogP contribution in [0.25, 0.3) is 0 Å². The number of carbonyl (C=O) groups is 1. The van der Waals surface area contributed by atoms with E-state index in [1.54, 1.807) is 42.1 Å². The van der Waals surface area contributed by atoms with Crippen LogP contribution in [0.15, 0.2) is 42.5 Å². The van der Waals surface area contributed by atoms with Crippen molar-refractivity contribution in [2.45, 2.75) is 18.7 Å². The molecule has 0 aromatic heterocycles. The fourth-order valence-electron chi connectivity index (χ4n) is 2.06. The Bertz CT molecular complexity index is 676. The van der Waals surface area contributed by atoms with Gasteiger partial charge in [0.2, 0.25) is 5.91 Å². The van der Waals surface area contributed by atoms with Gasteiger partial charge >= 0.3 is 0 Å². The average Bonchev–Trinajstić information content (AvgIpc) is 2.59. The minimum Gasteiger partial charge on any atom is -0.504 e. The molecular formula is C18H20FNO3S. The van der Waals surface area contributed by atoms with Gasteiger partial charge < -0.3 is 15.2 Å². The van der Waals surface area contributed by atoms with E-state index in [1.807, 2.05) is 0 Å². The van der Waals surface area contributed by atoms with E-state index < -0.39 is 0 Å². The first-order valence-electron chi connectivity index (χ1n) is 7.53. The lowest BCUT2D eigenvalue weighted by molar-refractivity contribution is -0.120. The smallest absolute Gasteiger partial charge is 0.221 e. The molecule has 0 saturated heterocycles. The number of aromatic hydroxyl groups is 1. The van der Waals surface area contributed by atoms with Crippen LogP contribution < -0.4 is 10.1 Å². The van der Waals surface area contributed by atoms with Crippen molar-refractivity contribution in [3.05, 3.63) is 59.4 Å². The highest BCUT2D eigenvalue weighted by atomic mass is 32.2. The van der Waals surface area contributed by atoms with Gasteiger partial charge in [0, 0.05) is 24.5 Å². The molecule has 4 nitrogen and oxygen atoms in total. The quantitative estimate of drug-likeness (QED) is 0.717. The van der Waals surface area contributed by atoms with Crippen LogP contribution in [-0.4, -0.2) is 23.9 Å². The fourth-order valence-corrected chi connectivity index (χ4v) is 2.96. The number of methoxy groups -OCH3 is 1. The summed E-state index contributed by atoms with van der Waals surface area (Å²) in [6.07, 6.45) is 0.418. The Labute approximate surface area is 145 Å². The summed E-state index contributed by atoms with van der Waals surface area (Å²) in [4.78, 5) is 11.8. The molecule has 0 spiro atoms. The number of thioether (sulfide) groups is 1. The predicted molar refractivity (Wildman–Crippen MR) is 93.7 cm³/mol. The van der Waals surface area contributed by atoms with Crippen LogP contribution in [0.5, 0.6) is 11.5 Å². The molecule has 24 heavy (non-hydrogen) atoms. The van der Waals surface area contributed by atoms with Crippen LogP contribution in [0.2, 0.25) is 0 Å². The monoisotopic (exact) mass is 349 g/mol.